The molecule has 2 aromatic rings. The number of imidazole rings is 1. The summed E-state index contributed by atoms with van der Waals surface area (Å²) < 4.78 is 38.7. The summed E-state index contributed by atoms with van der Waals surface area (Å²) in [6.07, 6.45) is -3.11. The molecule has 19 heavy (non-hydrogen) atoms. The minimum Gasteiger partial charge on any atom is -0.358 e. The number of thiazole rings is 1. The van der Waals surface area contributed by atoms with Crippen molar-refractivity contribution in [2.24, 2.45) is 0 Å². The summed E-state index contributed by atoms with van der Waals surface area (Å²) in [6, 6.07) is 0. The van der Waals surface area contributed by atoms with Gasteiger partial charge in [0.15, 0.2) is 10.8 Å². The lowest BCUT2D eigenvalue weighted by Gasteiger charge is -2.19. The molecule has 4 nitrogen and oxygen atoms in total. The lowest BCUT2D eigenvalue weighted by atomic mass is 10.3. The molecule has 8 heteroatoms. The molecule has 0 aliphatic rings. The van der Waals surface area contributed by atoms with Crippen LogP contribution < -0.4 is 10.2 Å². The first kappa shape index (κ1) is 14.1. The van der Waals surface area contributed by atoms with Crippen LogP contribution in [0.4, 0.5) is 19.0 Å². The van der Waals surface area contributed by atoms with Crippen LogP contribution in [0.15, 0.2) is 11.6 Å². The van der Waals surface area contributed by atoms with Gasteiger partial charge in [-0.1, -0.05) is 0 Å². The maximum Gasteiger partial charge on any atom is 0.390 e. The Kier molecular flexibility index (Phi) is 4.00. The number of rotatable bonds is 5. The molecular weight excluding hydrogens is 277 g/mol. The highest BCUT2D eigenvalue weighted by Crippen LogP contribution is 2.26. The van der Waals surface area contributed by atoms with Crippen LogP contribution in [0.2, 0.25) is 0 Å². The Balaban J connectivity index is 2.22. The summed E-state index contributed by atoms with van der Waals surface area (Å²) in [5.74, 6) is 0.602. The van der Waals surface area contributed by atoms with Crippen LogP contribution in [0.3, 0.4) is 0 Å². The van der Waals surface area contributed by atoms with Crippen LogP contribution in [0, 0.1) is 0 Å². The van der Waals surface area contributed by atoms with E-state index in [1.807, 2.05) is 16.0 Å². The number of fused-ring (bicyclic) bond motifs is 1. The molecule has 106 valence electrons. The van der Waals surface area contributed by atoms with E-state index in [-0.39, 0.29) is 6.54 Å². The number of aromatic nitrogens is 2. The van der Waals surface area contributed by atoms with E-state index < -0.39 is 12.6 Å². The topological polar surface area (TPSA) is 32.6 Å². The van der Waals surface area contributed by atoms with E-state index in [0.717, 1.165) is 10.7 Å². The van der Waals surface area contributed by atoms with Crippen LogP contribution >= 0.6 is 11.3 Å². The zero-order chi connectivity index (χ0) is 14.0. The Morgan fingerprint density at radius 3 is 2.84 bits per heavy atom. The molecule has 0 aromatic carbocycles. The van der Waals surface area contributed by atoms with E-state index >= 15 is 0 Å². The van der Waals surface area contributed by atoms with Gasteiger partial charge in [-0.15, -0.1) is 11.3 Å². The first-order valence-corrected chi connectivity index (χ1v) is 6.67. The second-order valence-electron chi connectivity index (χ2n) is 4.25. The molecule has 2 heterocycles. The van der Waals surface area contributed by atoms with Crippen LogP contribution in [-0.4, -0.2) is 36.2 Å². The van der Waals surface area contributed by atoms with Gasteiger partial charge in [0.2, 0.25) is 0 Å². The van der Waals surface area contributed by atoms with Gasteiger partial charge in [0.25, 0.3) is 0 Å². The Bertz CT molecular complexity index is 546. The van der Waals surface area contributed by atoms with Crippen molar-refractivity contribution in [1.82, 2.24) is 14.7 Å². The Morgan fingerprint density at radius 1 is 1.47 bits per heavy atom. The van der Waals surface area contributed by atoms with Gasteiger partial charge in [-0.3, -0.25) is 4.40 Å². The molecule has 0 saturated heterocycles. The van der Waals surface area contributed by atoms with Gasteiger partial charge >= 0.3 is 6.18 Å². The highest BCUT2D eigenvalue weighted by Gasteiger charge is 2.28. The lowest BCUT2D eigenvalue weighted by Crippen LogP contribution is -2.26. The summed E-state index contributed by atoms with van der Waals surface area (Å²) in [5, 5.41) is 4.92. The van der Waals surface area contributed by atoms with Gasteiger partial charge in [-0.25, -0.2) is 4.98 Å². The monoisotopic (exact) mass is 292 g/mol. The smallest absolute Gasteiger partial charge is 0.358 e. The van der Waals surface area contributed by atoms with Crippen molar-refractivity contribution in [3.63, 3.8) is 0 Å². The van der Waals surface area contributed by atoms with Crippen LogP contribution in [0.25, 0.3) is 4.96 Å². The van der Waals surface area contributed by atoms with Crippen molar-refractivity contribution in [3.8, 4) is 0 Å². The molecule has 0 bridgehead atoms. The Labute approximate surface area is 112 Å². The minimum absolute atomic E-state index is 0.0922. The largest absolute Gasteiger partial charge is 0.390 e. The number of nitrogens with zero attached hydrogens (tertiary/aromatic N) is 3. The zero-order valence-corrected chi connectivity index (χ0v) is 11.5. The van der Waals surface area contributed by atoms with Gasteiger partial charge in [0.05, 0.1) is 12.1 Å². The molecule has 1 N–H and O–H groups in total. The number of halogens is 3. The molecule has 0 atom stereocenters. The third-order valence-corrected chi connectivity index (χ3v) is 3.53. The number of alkyl halides is 3. The van der Waals surface area contributed by atoms with Crippen LogP contribution in [0.1, 0.15) is 12.1 Å². The molecule has 0 aliphatic heterocycles. The molecule has 2 rings (SSSR count). The quantitative estimate of drug-likeness (QED) is 0.919. The van der Waals surface area contributed by atoms with Crippen molar-refractivity contribution in [2.75, 3.05) is 25.5 Å². The predicted octanol–water partition coefficient (Wildman–Crippen LogP) is 2.50. The molecule has 0 spiro atoms. The van der Waals surface area contributed by atoms with E-state index in [1.165, 1.54) is 11.3 Å². The SMILES string of the molecule is CNCc1c(N(C)CCC(F)(F)F)nc2sccn12. The fraction of sp³-hybridized carbons (Fsp3) is 0.545. The third-order valence-electron chi connectivity index (χ3n) is 2.78. The minimum atomic E-state index is -4.14. The van der Waals surface area contributed by atoms with E-state index in [1.54, 1.807) is 19.0 Å². The summed E-state index contributed by atoms with van der Waals surface area (Å²) in [6.45, 7) is 0.467. The van der Waals surface area contributed by atoms with E-state index in [0.29, 0.717) is 12.4 Å². The first-order chi connectivity index (χ1) is 8.92. The maximum absolute atomic E-state index is 12.3. The maximum atomic E-state index is 12.3. The van der Waals surface area contributed by atoms with Gasteiger partial charge in [0, 0.05) is 31.7 Å². The average molecular weight is 292 g/mol. The van der Waals surface area contributed by atoms with Crippen LogP contribution in [0.5, 0.6) is 0 Å². The Hall–Kier alpha value is -1.28. The molecule has 0 aliphatic carbocycles. The molecule has 0 fully saturated rings. The molecule has 0 radical (unpaired) electrons. The summed E-state index contributed by atoms with van der Waals surface area (Å²) in [5.41, 5.74) is 0.878. The fourth-order valence-corrected chi connectivity index (χ4v) is 2.59. The summed E-state index contributed by atoms with van der Waals surface area (Å²) >= 11 is 1.46. The highest BCUT2D eigenvalue weighted by molar-refractivity contribution is 7.15. The van der Waals surface area contributed by atoms with Crippen molar-refractivity contribution in [3.05, 3.63) is 17.3 Å². The average Bonchev–Trinajstić information content (AvgIpc) is 2.88. The van der Waals surface area contributed by atoms with Crippen molar-refractivity contribution in [2.45, 2.75) is 19.1 Å². The third kappa shape index (κ3) is 3.19. The summed E-state index contributed by atoms with van der Waals surface area (Å²) in [7, 11) is 3.43. The number of nitrogens with one attached hydrogen (secondary N) is 1. The molecule has 0 saturated carbocycles. The molecule has 2 aromatic heterocycles. The zero-order valence-electron chi connectivity index (χ0n) is 10.7. The Morgan fingerprint density at radius 2 is 2.21 bits per heavy atom. The van der Waals surface area contributed by atoms with Crippen molar-refractivity contribution >= 4 is 22.1 Å². The number of hydrogen-bond acceptors (Lipinski definition) is 4. The van der Waals surface area contributed by atoms with Gasteiger partial charge in [-0.2, -0.15) is 13.2 Å². The van der Waals surface area contributed by atoms with Gasteiger partial charge in [-0.05, 0) is 7.05 Å². The van der Waals surface area contributed by atoms with Crippen molar-refractivity contribution in [1.29, 1.82) is 0 Å². The first-order valence-electron chi connectivity index (χ1n) is 5.79. The lowest BCUT2D eigenvalue weighted by molar-refractivity contribution is -0.132. The van der Waals surface area contributed by atoms with Crippen molar-refractivity contribution < 1.29 is 13.2 Å². The molecule has 0 unspecified atom stereocenters. The van der Waals surface area contributed by atoms with Crippen LogP contribution in [-0.2, 0) is 6.54 Å². The van der Waals surface area contributed by atoms with Gasteiger partial charge < -0.3 is 10.2 Å². The summed E-state index contributed by atoms with van der Waals surface area (Å²) in [4.78, 5) is 6.74. The standard InChI is InChI=1S/C11H15F3N4S/c1-15-7-8-9(16-10-18(8)5-6-19-10)17(2)4-3-11(12,13)14/h5-6,15H,3-4,7H2,1-2H3. The fourth-order valence-electron chi connectivity index (χ4n) is 1.86. The number of hydrogen-bond donors (Lipinski definition) is 1. The van der Waals surface area contributed by atoms with Gasteiger partial charge in [0.1, 0.15) is 0 Å². The second kappa shape index (κ2) is 5.38. The molecular formula is C11H15F3N4S. The predicted molar refractivity (Wildman–Crippen MR) is 69.8 cm³/mol. The highest BCUT2D eigenvalue weighted by atomic mass is 32.1. The molecule has 0 amide bonds. The number of anilines is 1. The van der Waals surface area contributed by atoms with E-state index in [4.69, 9.17) is 0 Å². The van der Waals surface area contributed by atoms with E-state index in [2.05, 4.69) is 10.3 Å². The second-order valence-corrected chi connectivity index (χ2v) is 5.13. The normalized spacial score (nSPS) is 12.3. The van der Waals surface area contributed by atoms with E-state index in [9.17, 15) is 13.2 Å².